The maximum atomic E-state index is 3.86. The Morgan fingerprint density at radius 3 is 2.94 bits per heavy atom. The average Bonchev–Trinajstić information content (AvgIpc) is 2.65. The third kappa shape index (κ3) is 3.54. The Bertz CT molecular complexity index is 279. The van der Waals surface area contributed by atoms with Crippen LogP contribution in [0.25, 0.3) is 0 Å². The Kier molecular flexibility index (Phi) is 5.62. The first kappa shape index (κ1) is 14.5. The first-order valence-electron chi connectivity index (χ1n) is 7.82. The molecule has 1 aliphatic heterocycles. The molecule has 0 aromatic rings. The molecule has 2 rings (SSSR count). The molecule has 0 radical (unpaired) electrons. The summed E-state index contributed by atoms with van der Waals surface area (Å²) in [5, 5.41) is 3.86. The van der Waals surface area contributed by atoms with E-state index in [0.717, 1.165) is 6.54 Å². The van der Waals surface area contributed by atoms with E-state index >= 15 is 0 Å². The minimum Gasteiger partial charge on any atom is -0.309 e. The Morgan fingerprint density at radius 2 is 2.22 bits per heavy atom. The van der Waals surface area contributed by atoms with Crippen LogP contribution in [0.3, 0.4) is 0 Å². The van der Waals surface area contributed by atoms with Crippen molar-refractivity contribution < 1.29 is 0 Å². The van der Waals surface area contributed by atoms with Crippen molar-refractivity contribution in [2.24, 2.45) is 0 Å². The molecule has 0 saturated carbocycles. The van der Waals surface area contributed by atoms with Gasteiger partial charge in [0.2, 0.25) is 0 Å². The third-order valence-corrected chi connectivity index (χ3v) is 6.00. The molecule has 1 saturated heterocycles. The standard InChI is InChI=1S/C16H29NS/c1-3-12-17-15(16(2)11-8-13-18-16)14-9-6-4-5-7-10-14/h9,15,17H,3-8,10-13H2,1-2H3. The summed E-state index contributed by atoms with van der Waals surface area (Å²) in [7, 11) is 0. The van der Waals surface area contributed by atoms with Gasteiger partial charge in [-0.15, -0.1) is 0 Å². The molecule has 0 spiro atoms. The first-order valence-corrected chi connectivity index (χ1v) is 8.81. The van der Waals surface area contributed by atoms with E-state index in [1.54, 1.807) is 5.57 Å². The summed E-state index contributed by atoms with van der Waals surface area (Å²) >= 11 is 2.20. The Hall–Kier alpha value is 0.0500. The summed E-state index contributed by atoms with van der Waals surface area (Å²) in [5.74, 6) is 1.36. The van der Waals surface area contributed by atoms with E-state index in [4.69, 9.17) is 0 Å². The fourth-order valence-electron chi connectivity index (χ4n) is 3.36. The van der Waals surface area contributed by atoms with Crippen molar-refractivity contribution in [3.05, 3.63) is 11.6 Å². The van der Waals surface area contributed by atoms with Crippen LogP contribution < -0.4 is 5.32 Å². The Morgan fingerprint density at radius 1 is 1.33 bits per heavy atom. The third-order valence-electron chi connectivity index (χ3n) is 4.41. The van der Waals surface area contributed by atoms with Gasteiger partial charge in [-0.2, -0.15) is 11.8 Å². The number of rotatable bonds is 5. The van der Waals surface area contributed by atoms with Crippen LogP contribution in [0.1, 0.15) is 65.2 Å². The maximum absolute atomic E-state index is 3.86. The van der Waals surface area contributed by atoms with Crippen molar-refractivity contribution in [2.45, 2.75) is 76.0 Å². The van der Waals surface area contributed by atoms with Crippen LogP contribution in [-0.4, -0.2) is 23.1 Å². The maximum Gasteiger partial charge on any atom is 0.0425 e. The molecule has 1 aliphatic carbocycles. The zero-order valence-corrected chi connectivity index (χ0v) is 13.0. The van der Waals surface area contributed by atoms with Gasteiger partial charge < -0.3 is 5.32 Å². The summed E-state index contributed by atoms with van der Waals surface area (Å²) in [5.41, 5.74) is 1.72. The molecular formula is C16H29NS. The van der Waals surface area contributed by atoms with E-state index < -0.39 is 0 Å². The average molecular weight is 267 g/mol. The number of nitrogens with one attached hydrogen (secondary N) is 1. The summed E-state index contributed by atoms with van der Waals surface area (Å²) in [6.45, 7) is 5.93. The fraction of sp³-hybridized carbons (Fsp3) is 0.875. The van der Waals surface area contributed by atoms with Gasteiger partial charge >= 0.3 is 0 Å². The van der Waals surface area contributed by atoms with Crippen LogP contribution in [0.15, 0.2) is 11.6 Å². The predicted octanol–water partition coefficient (Wildman–Crippen LogP) is 4.53. The molecule has 1 heterocycles. The van der Waals surface area contributed by atoms with Gasteiger partial charge in [0.1, 0.15) is 0 Å². The van der Waals surface area contributed by atoms with Gasteiger partial charge in [0, 0.05) is 10.8 Å². The second kappa shape index (κ2) is 7.00. The van der Waals surface area contributed by atoms with Crippen LogP contribution in [0.5, 0.6) is 0 Å². The second-order valence-electron chi connectivity index (χ2n) is 6.03. The monoisotopic (exact) mass is 267 g/mol. The summed E-state index contributed by atoms with van der Waals surface area (Å²) in [4.78, 5) is 0. The van der Waals surface area contributed by atoms with Gasteiger partial charge in [-0.05, 0) is 64.2 Å². The van der Waals surface area contributed by atoms with Crippen molar-refractivity contribution in [1.82, 2.24) is 5.32 Å². The van der Waals surface area contributed by atoms with Gasteiger partial charge in [0.25, 0.3) is 0 Å². The summed E-state index contributed by atoms with van der Waals surface area (Å²) in [6, 6.07) is 0.628. The van der Waals surface area contributed by atoms with Crippen molar-refractivity contribution >= 4 is 11.8 Å². The summed E-state index contributed by atoms with van der Waals surface area (Å²) < 4.78 is 0.450. The second-order valence-corrected chi connectivity index (χ2v) is 7.66. The lowest BCUT2D eigenvalue weighted by atomic mass is 9.87. The van der Waals surface area contributed by atoms with E-state index in [9.17, 15) is 0 Å². The normalized spacial score (nSPS) is 30.9. The summed E-state index contributed by atoms with van der Waals surface area (Å²) in [6.07, 6.45) is 13.4. The molecule has 1 fully saturated rings. The molecule has 2 unspecified atom stereocenters. The predicted molar refractivity (Wildman–Crippen MR) is 83.3 cm³/mol. The Labute approximate surface area is 117 Å². The number of hydrogen-bond acceptors (Lipinski definition) is 2. The molecule has 2 heteroatoms. The van der Waals surface area contributed by atoms with Gasteiger partial charge in [-0.1, -0.05) is 25.0 Å². The fourth-order valence-corrected chi connectivity index (χ4v) is 4.80. The molecule has 2 atom stereocenters. The van der Waals surface area contributed by atoms with E-state index in [2.05, 4.69) is 37.0 Å². The lowest BCUT2D eigenvalue weighted by Gasteiger charge is -2.36. The SMILES string of the molecule is CCCNC(C1=CCCCCC1)C1(C)CCCS1. The first-order chi connectivity index (χ1) is 8.76. The largest absolute Gasteiger partial charge is 0.309 e. The van der Waals surface area contributed by atoms with Crippen molar-refractivity contribution in [3.8, 4) is 0 Å². The van der Waals surface area contributed by atoms with E-state index in [-0.39, 0.29) is 0 Å². The van der Waals surface area contributed by atoms with E-state index in [0.29, 0.717) is 10.8 Å². The van der Waals surface area contributed by atoms with Crippen LogP contribution in [0.2, 0.25) is 0 Å². The lowest BCUT2D eigenvalue weighted by Crippen LogP contribution is -2.47. The quantitative estimate of drug-likeness (QED) is 0.734. The number of thioether (sulfide) groups is 1. The topological polar surface area (TPSA) is 12.0 Å². The van der Waals surface area contributed by atoms with Crippen molar-refractivity contribution in [1.29, 1.82) is 0 Å². The minimum atomic E-state index is 0.450. The van der Waals surface area contributed by atoms with Crippen LogP contribution in [0.4, 0.5) is 0 Å². The smallest absolute Gasteiger partial charge is 0.0425 e. The number of hydrogen-bond donors (Lipinski definition) is 1. The zero-order valence-electron chi connectivity index (χ0n) is 12.1. The molecular weight excluding hydrogens is 238 g/mol. The highest BCUT2D eigenvalue weighted by atomic mass is 32.2. The highest BCUT2D eigenvalue weighted by Gasteiger charge is 2.39. The molecule has 0 aromatic carbocycles. The number of allylic oxidation sites excluding steroid dienone is 1. The van der Waals surface area contributed by atoms with Crippen LogP contribution in [-0.2, 0) is 0 Å². The van der Waals surface area contributed by atoms with Crippen LogP contribution >= 0.6 is 11.8 Å². The van der Waals surface area contributed by atoms with Crippen molar-refractivity contribution in [2.75, 3.05) is 12.3 Å². The van der Waals surface area contributed by atoms with Gasteiger partial charge in [0.15, 0.2) is 0 Å². The van der Waals surface area contributed by atoms with Gasteiger partial charge in [-0.25, -0.2) is 0 Å². The lowest BCUT2D eigenvalue weighted by molar-refractivity contribution is 0.433. The molecule has 104 valence electrons. The van der Waals surface area contributed by atoms with Crippen molar-refractivity contribution in [3.63, 3.8) is 0 Å². The van der Waals surface area contributed by atoms with E-state index in [1.807, 2.05) is 0 Å². The highest BCUT2D eigenvalue weighted by molar-refractivity contribution is 8.00. The molecule has 0 aromatic heterocycles. The van der Waals surface area contributed by atoms with Gasteiger partial charge in [-0.3, -0.25) is 0 Å². The molecule has 1 nitrogen and oxygen atoms in total. The van der Waals surface area contributed by atoms with Crippen LogP contribution in [0, 0.1) is 0 Å². The molecule has 0 bridgehead atoms. The molecule has 1 N–H and O–H groups in total. The van der Waals surface area contributed by atoms with Gasteiger partial charge in [0.05, 0.1) is 0 Å². The van der Waals surface area contributed by atoms with E-state index in [1.165, 1.54) is 57.1 Å². The zero-order chi connectivity index (χ0) is 12.8. The molecule has 0 amide bonds. The molecule has 18 heavy (non-hydrogen) atoms. The highest BCUT2D eigenvalue weighted by Crippen LogP contribution is 2.43. The Balaban J connectivity index is 2.10. The molecule has 2 aliphatic rings. The minimum absolute atomic E-state index is 0.450.